The summed E-state index contributed by atoms with van der Waals surface area (Å²) in [6.07, 6.45) is 1.14. The number of anilines is 1. The van der Waals surface area contributed by atoms with E-state index in [1.165, 1.54) is 0 Å². The highest BCUT2D eigenvalue weighted by atomic mass is 16.3. The molecule has 0 bridgehead atoms. The number of nitroso groups, excluding NO2 is 1. The summed E-state index contributed by atoms with van der Waals surface area (Å²) in [5, 5.41) is 5.85. The van der Waals surface area contributed by atoms with Crippen LogP contribution in [0.4, 0.5) is 5.69 Å². The standard InChI is InChI=1S/C26H42N2O3/c1-23(2,3)16-20(22(30)28-31)26(9,10)25(7,8)17-19(24(4,5)6)21(29)27-18-14-12-11-13-15-18/h11-15,19-20H,16-17H2,1-10H3,(H,27,29). The van der Waals surface area contributed by atoms with Gasteiger partial charge in [-0.1, -0.05) is 87.4 Å². The van der Waals surface area contributed by atoms with E-state index in [0.29, 0.717) is 12.8 Å². The van der Waals surface area contributed by atoms with Gasteiger partial charge in [0.1, 0.15) is 0 Å². The van der Waals surface area contributed by atoms with Crippen LogP contribution in [0.25, 0.3) is 0 Å². The van der Waals surface area contributed by atoms with Gasteiger partial charge in [-0.2, -0.15) is 0 Å². The minimum absolute atomic E-state index is 0.0326. The van der Waals surface area contributed by atoms with Crippen molar-refractivity contribution >= 4 is 17.5 Å². The van der Waals surface area contributed by atoms with Gasteiger partial charge in [0.2, 0.25) is 5.91 Å². The van der Waals surface area contributed by atoms with Crippen LogP contribution in [0.1, 0.15) is 82.1 Å². The van der Waals surface area contributed by atoms with Crippen molar-refractivity contribution in [2.45, 2.75) is 82.1 Å². The van der Waals surface area contributed by atoms with Gasteiger partial charge in [0.25, 0.3) is 5.91 Å². The Labute approximate surface area is 188 Å². The van der Waals surface area contributed by atoms with Gasteiger partial charge in [0.15, 0.2) is 0 Å². The molecule has 2 amide bonds. The summed E-state index contributed by atoms with van der Waals surface area (Å²) in [5.41, 5.74) is -0.591. The molecule has 1 rings (SSSR count). The fourth-order valence-electron chi connectivity index (χ4n) is 4.12. The lowest BCUT2D eigenvalue weighted by molar-refractivity contribution is -0.133. The fourth-order valence-corrected chi connectivity index (χ4v) is 4.12. The SMILES string of the molecule is CC(C)(C)CC(C(=O)N=O)C(C)(C)C(C)(C)CC(C(=O)Nc1ccccc1)C(C)(C)C. The molecule has 31 heavy (non-hydrogen) atoms. The predicted octanol–water partition coefficient (Wildman–Crippen LogP) is 7.08. The minimum Gasteiger partial charge on any atom is -0.326 e. The van der Waals surface area contributed by atoms with Crippen molar-refractivity contribution in [2.24, 2.45) is 38.7 Å². The van der Waals surface area contributed by atoms with E-state index in [4.69, 9.17) is 0 Å². The molecule has 0 aliphatic heterocycles. The molecule has 0 aliphatic carbocycles. The predicted molar refractivity (Wildman–Crippen MR) is 129 cm³/mol. The van der Waals surface area contributed by atoms with E-state index < -0.39 is 22.7 Å². The number of nitrogens with zero attached hydrogens (tertiary/aromatic N) is 1. The number of rotatable bonds is 8. The molecule has 0 spiro atoms. The Morgan fingerprint density at radius 1 is 0.839 bits per heavy atom. The molecule has 0 saturated heterocycles. The second kappa shape index (κ2) is 9.62. The van der Waals surface area contributed by atoms with Crippen LogP contribution in [0, 0.1) is 38.4 Å². The molecule has 0 radical (unpaired) electrons. The van der Waals surface area contributed by atoms with E-state index in [1.54, 1.807) is 0 Å². The van der Waals surface area contributed by atoms with Gasteiger partial charge >= 0.3 is 0 Å². The zero-order valence-corrected chi connectivity index (χ0v) is 21.1. The fraction of sp³-hybridized carbons (Fsp3) is 0.692. The second-order valence-corrected chi connectivity index (χ2v) is 12.3. The summed E-state index contributed by atoms with van der Waals surface area (Å²) in [4.78, 5) is 37.1. The molecular formula is C26H42N2O3. The number of para-hydroxylation sites is 1. The lowest BCUT2D eigenvalue weighted by atomic mass is 9.54. The molecule has 0 heterocycles. The molecule has 1 aromatic rings. The number of carbonyl (C=O) groups is 2. The normalized spacial score (nSPS) is 15.2. The molecule has 0 saturated carbocycles. The zero-order valence-electron chi connectivity index (χ0n) is 21.1. The van der Waals surface area contributed by atoms with Gasteiger partial charge in [0, 0.05) is 22.7 Å². The third kappa shape index (κ3) is 7.26. The van der Waals surface area contributed by atoms with Crippen molar-refractivity contribution in [1.82, 2.24) is 0 Å². The Kier molecular flexibility index (Phi) is 8.38. The molecular weight excluding hydrogens is 388 g/mol. The highest BCUT2D eigenvalue weighted by Gasteiger charge is 2.50. The monoisotopic (exact) mass is 430 g/mol. The number of nitrogens with one attached hydrogen (secondary N) is 1. The average Bonchev–Trinajstić information content (AvgIpc) is 2.62. The minimum atomic E-state index is -0.603. The van der Waals surface area contributed by atoms with E-state index in [-0.39, 0.29) is 22.7 Å². The van der Waals surface area contributed by atoms with Gasteiger partial charge in [-0.3, -0.25) is 9.59 Å². The molecule has 1 aromatic carbocycles. The van der Waals surface area contributed by atoms with Crippen molar-refractivity contribution in [3.05, 3.63) is 35.2 Å². The van der Waals surface area contributed by atoms with E-state index in [2.05, 4.69) is 65.9 Å². The number of carbonyl (C=O) groups excluding carboxylic acids is 2. The van der Waals surface area contributed by atoms with Gasteiger partial charge < -0.3 is 5.32 Å². The molecule has 2 atom stereocenters. The molecule has 2 unspecified atom stereocenters. The molecule has 1 N–H and O–H groups in total. The van der Waals surface area contributed by atoms with Crippen LogP contribution in [-0.4, -0.2) is 11.8 Å². The smallest absolute Gasteiger partial charge is 0.289 e. The maximum Gasteiger partial charge on any atom is 0.289 e. The second-order valence-electron chi connectivity index (χ2n) is 12.3. The Hall–Kier alpha value is -2.04. The van der Waals surface area contributed by atoms with Crippen molar-refractivity contribution in [3.8, 4) is 0 Å². The maximum atomic E-state index is 13.3. The van der Waals surface area contributed by atoms with E-state index >= 15 is 0 Å². The number of hydrogen-bond donors (Lipinski definition) is 1. The summed E-state index contributed by atoms with van der Waals surface area (Å²) in [6, 6.07) is 9.45. The molecule has 0 aliphatic rings. The molecule has 0 aromatic heterocycles. The topological polar surface area (TPSA) is 75.6 Å². The number of benzene rings is 1. The third-order valence-corrected chi connectivity index (χ3v) is 6.94. The van der Waals surface area contributed by atoms with E-state index in [0.717, 1.165) is 5.69 Å². The molecule has 0 fully saturated rings. The van der Waals surface area contributed by atoms with Crippen LogP contribution in [-0.2, 0) is 9.59 Å². The summed E-state index contributed by atoms with van der Waals surface area (Å²) in [7, 11) is 0. The van der Waals surface area contributed by atoms with Gasteiger partial charge in [-0.05, 0) is 46.6 Å². The van der Waals surface area contributed by atoms with Crippen LogP contribution in [0.2, 0.25) is 0 Å². The first-order chi connectivity index (χ1) is 13.9. The van der Waals surface area contributed by atoms with Crippen LogP contribution in [0.5, 0.6) is 0 Å². The van der Waals surface area contributed by atoms with E-state index in [1.807, 2.05) is 44.2 Å². The molecule has 174 valence electrons. The molecule has 5 heteroatoms. The first-order valence-corrected chi connectivity index (χ1v) is 11.2. The van der Waals surface area contributed by atoms with Crippen molar-refractivity contribution in [2.75, 3.05) is 5.32 Å². The largest absolute Gasteiger partial charge is 0.326 e. The van der Waals surface area contributed by atoms with Gasteiger partial charge in [-0.15, -0.1) is 4.91 Å². The Morgan fingerprint density at radius 2 is 1.35 bits per heavy atom. The Morgan fingerprint density at radius 3 is 1.77 bits per heavy atom. The van der Waals surface area contributed by atoms with Crippen LogP contribution in [0.15, 0.2) is 35.5 Å². The summed E-state index contributed by atoms with van der Waals surface area (Å²) in [5.74, 6) is -1.43. The Balaban J connectivity index is 3.27. The zero-order chi connectivity index (χ0) is 24.3. The summed E-state index contributed by atoms with van der Waals surface area (Å²) in [6.45, 7) is 20.6. The van der Waals surface area contributed by atoms with Crippen LogP contribution in [0.3, 0.4) is 0 Å². The van der Waals surface area contributed by atoms with Crippen molar-refractivity contribution in [1.29, 1.82) is 0 Å². The number of amides is 2. The number of hydrogen-bond acceptors (Lipinski definition) is 3. The lowest BCUT2D eigenvalue weighted by Crippen LogP contribution is -2.47. The molecule has 5 nitrogen and oxygen atoms in total. The van der Waals surface area contributed by atoms with Crippen LogP contribution < -0.4 is 5.32 Å². The van der Waals surface area contributed by atoms with Crippen LogP contribution >= 0.6 is 0 Å². The maximum absolute atomic E-state index is 13.3. The van der Waals surface area contributed by atoms with E-state index in [9.17, 15) is 14.5 Å². The lowest BCUT2D eigenvalue weighted by Gasteiger charge is -2.49. The first-order valence-electron chi connectivity index (χ1n) is 11.2. The average molecular weight is 431 g/mol. The van der Waals surface area contributed by atoms with Gasteiger partial charge in [0.05, 0.1) is 0 Å². The summed E-state index contributed by atoms with van der Waals surface area (Å²) < 4.78 is 0. The van der Waals surface area contributed by atoms with Crippen molar-refractivity contribution < 1.29 is 9.59 Å². The quantitative estimate of drug-likeness (QED) is 0.448. The van der Waals surface area contributed by atoms with Gasteiger partial charge in [-0.25, -0.2) is 0 Å². The van der Waals surface area contributed by atoms with Crippen molar-refractivity contribution in [3.63, 3.8) is 0 Å². The highest BCUT2D eigenvalue weighted by molar-refractivity contribution is 5.93. The first kappa shape index (κ1) is 27.0. The highest BCUT2D eigenvalue weighted by Crippen LogP contribution is 2.53. The summed E-state index contributed by atoms with van der Waals surface area (Å²) >= 11 is 0. The Bertz CT molecular complexity index is 768. The third-order valence-electron chi connectivity index (χ3n) is 6.94.